The Bertz CT molecular complexity index is 1660. The van der Waals surface area contributed by atoms with Gasteiger partial charge in [-0.15, -0.1) is 0 Å². The molecule has 0 aliphatic rings. The van der Waals surface area contributed by atoms with Crippen LogP contribution in [0.5, 0.6) is 0 Å². The molecule has 6 aromatic rings. The fraction of sp³-hybridized carbons (Fsp3) is 0.0909. The van der Waals surface area contributed by atoms with E-state index >= 15 is 0 Å². The topological polar surface area (TPSA) is 151 Å². The molecule has 0 unspecified atom stereocenters. The van der Waals surface area contributed by atoms with Crippen LogP contribution in [0.2, 0.25) is 0 Å². The Hall–Kier alpha value is -4.35. The number of carboxylic acids is 3. The summed E-state index contributed by atoms with van der Waals surface area (Å²) in [5.74, 6) is -2.56. The molecule has 43 heavy (non-hydrogen) atoms. The van der Waals surface area contributed by atoms with E-state index in [4.69, 9.17) is 15.3 Å². The van der Waals surface area contributed by atoms with Gasteiger partial charge in [0.15, 0.2) is 0 Å². The number of hydrogen-bond donors (Lipinski definition) is 3. The monoisotopic (exact) mass is 703 g/mol. The van der Waals surface area contributed by atoms with Gasteiger partial charge in [-0.05, 0) is 36.4 Å². The molecule has 6 rings (SSSR count). The zero-order chi connectivity index (χ0) is 29.9. The van der Waals surface area contributed by atoms with E-state index in [0.29, 0.717) is 17.1 Å². The van der Waals surface area contributed by atoms with E-state index in [1.807, 2.05) is 91.0 Å². The van der Waals surface area contributed by atoms with Crippen LogP contribution in [0.3, 0.4) is 0 Å². The van der Waals surface area contributed by atoms with Crippen molar-refractivity contribution in [3.63, 3.8) is 0 Å². The van der Waals surface area contributed by atoms with Crippen LogP contribution in [0.4, 0.5) is 0 Å². The molecule has 0 atom stereocenters. The zero-order valence-corrected chi connectivity index (χ0v) is 26.1. The number of aliphatic carboxylic acids is 3. The van der Waals surface area contributed by atoms with Gasteiger partial charge in [-0.3, -0.25) is 29.3 Å². The van der Waals surface area contributed by atoms with Gasteiger partial charge in [-0.2, -0.15) is 0 Å². The molecule has 0 aliphatic carbocycles. The van der Waals surface area contributed by atoms with E-state index in [9.17, 15) is 14.4 Å². The second-order valence-electron chi connectivity index (χ2n) is 9.20. The third-order valence-electron chi connectivity index (χ3n) is 5.97. The Morgan fingerprint density at radius 2 is 0.674 bits per heavy atom. The van der Waals surface area contributed by atoms with Crippen molar-refractivity contribution in [3.8, 4) is 0 Å². The summed E-state index contributed by atoms with van der Waals surface area (Å²) in [5, 5.41) is 28.9. The van der Waals surface area contributed by atoms with Gasteiger partial charge < -0.3 is 15.3 Å². The van der Waals surface area contributed by atoms with Crippen LogP contribution in [0, 0.1) is 40.8 Å². The number of fused-ring (bicyclic) bond motifs is 3. The minimum atomic E-state index is -0.854. The molecule has 0 amide bonds. The summed E-state index contributed by atoms with van der Waals surface area (Å²) in [6.07, 6.45) is -0.0689. The van der Waals surface area contributed by atoms with Crippen LogP contribution in [0.1, 0.15) is 17.1 Å². The van der Waals surface area contributed by atoms with Gasteiger partial charge in [0.05, 0.1) is 52.9 Å². The van der Waals surface area contributed by atoms with Gasteiger partial charge in [0.25, 0.3) is 0 Å². The third kappa shape index (κ3) is 10.5. The molecule has 3 aromatic carbocycles. The average Bonchev–Trinajstić information content (AvgIpc) is 2.97. The van der Waals surface area contributed by atoms with Crippen LogP contribution >= 0.6 is 0 Å². The number of pyridine rings is 3. The maximum atomic E-state index is 10.5. The van der Waals surface area contributed by atoms with Crippen molar-refractivity contribution in [2.24, 2.45) is 0 Å². The Labute approximate surface area is 279 Å². The standard InChI is InChI=1S/3C11H9NO2.Nd/c3*13-11(14)7-9-6-5-8-3-1-2-4-10(8)12-9;/h3*1-6H,7H2,(H,13,14);. The normalized spacial score (nSPS) is 10.0. The van der Waals surface area contributed by atoms with Gasteiger partial charge in [0.2, 0.25) is 0 Å². The van der Waals surface area contributed by atoms with E-state index in [1.54, 1.807) is 18.2 Å². The minimum Gasteiger partial charge on any atom is -0.481 e. The Kier molecular flexibility index (Phi) is 12.6. The molecule has 10 heteroatoms. The van der Waals surface area contributed by atoms with Crippen LogP contribution < -0.4 is 0 Å². The summed E-state index contributed by atoms with van der Waals surface area (Å²) < 4.78 is 0. The van der Waals surface area contributed by atoms with E-state index in [2.05, 4.69) is 15.0 Å². The van der Waals surface area contributed by atoms with Gasteiger partial charge >= 0.3 is 17.9 Å². The van der Waals surface area contributed by atoms with Gasteiger partial charge in [0, 0.05) is 57.0 Å². The maximum absolute atomic E-state index is 10.5. The molecule has 3 heterocycles. The zero-order valence-electron chi connectivity index (χ0n) is 22.9. The molecular weight excluding hydrogens is 679 g/mol. The summed E-state index contributed by atoms with van der Waals surface area (Å²) in [5.41, 5.74) is 4.30. The molecule has 9 nitrogen and oxygen atoms in total. The molecule has 0 fully saturated rings. The van der Waals surface area contributed by atoms with Crippen LogP contribution in [-0.2, 0) is 33.6 Å². The van der Waals surface area contributed by atoms with Crippen molar-refractivity contribution < 1.29 is 70.5 Å². The molecular formula is C33H27N3NdO6. The fourth-order valence-corrected chi connectivity index (χ4v) is 4.08. The number of para-hydroxylation sites is 3. The predicted molar refractivity (Wildman–Crippen MR) is 159 cm³/mol. The van der Waals surface area contributed by atoms with Crippen molar-refractivity contribution in [3.05, 3.63) is 126 Å². The number of carbonyl (C=O) groups is 3. The largest absolute Gasteiger partial charge is 0.481 e. The van der Waals surface area contributed by atoms with Crippen molar-refractivity contribution >= 4 is 50.6 Å². The van der Waals surface area contributed by atoms with Crippen molar-refractivity contribution in [1.82, 2.24) is 15.0 Å². The Morgan fingerprint density at radius 1 is 0.419 bits per heavy atom. The first kappa shape index (κ1) is 33.2. The smallest absolute Gasteiger partial charge is 0.309 e. The number of hydrogen-bond acceptors (Lipinski definition) is 6. The number of aromatic nitrogens is 3. The number of carboxylic acid groups (broad SMARTS) is 3. The molecule has 3 N–H and O–H groups in total. The number of benzene rings is 3. The fourth-order valence-electron chi connectivity index (χ4n) is 4.08. The van der Waals surface area contributed by atoms with E-state index in [0.717, 1.165) is 32.7 Å². The van der Waals surface area contributed by atoms with E-state index in [1.165, 1.54) is 0 Å². The molecule has 0 saturated heterocycles. The molecule has 0 spiro atoms. The quantitative estimate of drug-likeness (QED) is 0.202. The summed E-state index contributed by atoms with van der Waals surface area (Å²) in [7, 11) is 0. The van der Waals surface area contributed by atoms with Crippen molar-refractivity contribution in [2.45, 2.75) is 19.3 Å². The SMILES string of the molecule is O=C(O)Cc1ccc2ccccc2n1.O=C(O)Cc1ccc2ccccc2n1.O=C(O)Cc1ccc2ccccc2n1.[Nd]. The summed E-state index contributed by atoms with van der Waals surface area (Å²) in [6.45, 7) is 0. The van der Waals surface area contributed by atoms with E-state index in [-0.39, 0.29) is 60.1 Å². The number of nitrogens with zero attached hydrogens (tertiary/aromatic N) is 3. The average molecular weight is 706 g/mol. The van der Waals surface area contributed by atoms with Crippen LogP contribution in [-0.4, -0.2) is 48.2 Å². The second-order valence-corrected chi connectivity index (χ2v) is 9.20. The second kappa shape index (κ2) is 16.3. The minimum absolute atomic E-state index is 0. The molecule has 0 aliphatic heterocycles. The van der Waals surface area contributed by atoms with E-state index < -0.39 is 17.9 Å². The summed E-state index contributed by atoms with van der Waals surface area (Å²) >= 11 is 0. The Balaban J connectivity index is 0.000000175. The van der Waals surface area contributed by atoms with Crippen LogP contribution in [0.15, 0.2) is 109 Å². The molecule has 3 aromatic heterocycles. The first-order valence-electron chi connectivity index (χ1n) is 13.0. The Morgan fingerprint density at radius 3 is 0.930 bits per heavy atom. The van der Waals surface area contributed by atoms with Gasteiger partial charge in [-0.1, -0.05) is 72.8 Å². The predicted octanol–water partition coefficient (Wildman–Crippen LogP) is 5.59. The van der Waals surface area contributed by atoms with Crippen LogP contribution in [0.25, 0.3) is 32.7 Å². The van der Waals surface area contributed by atoms with Gasteiger partial charge in [0.1, 0.15) is 0 Å². The molecule has 0 saturated carbocycles. The maximum Gasteiger partial charge on any atom is 0.309 e. The van der Waals surface area contributed by atoms with Gasteiger partial charge in [-0.25, -0.2) is 0 Å². The van der Waals surface area contributed by atoms with Crippen molar-refractivity contribution in [1.29, 1.82) is 0 Å². The first-order valence-corrected chi connectivity index (χ1v) is 13.0. The molecule has 0 radical (unpaired) electrons. The summed E-state index contributed by atoms with van der Waals surface area (Å²) in [4.78, 5) is 44.1. The van der Waals surface area contributed by atoms with Crippen molar-refractivity contribution in [2.75, 3.05) is 0 Å². The summed E-state index contributed by atoms with van der Waals surface area (Å²) in [6, 6.07) is 33.8. The number of rotatable bonds is 6. The molecule has 0 bridgehead atoms. The molecule has 214 valence electrons. The third-order valence-corrected chi connectivity index (χ3v) is 5.97. The first-order chi connectivity index (χ1) is 20.3.